The second-order valence-corrected chi connectivity index (χ2v) is 8.85. The van der Waals surface area contributed by atoms with Crippen molar-refractivity contribution in [3.63, 3.8) is 0 Å². The standard InChI is InChI=1S/C14H24N2O3S2/c1-10(21(5)19)6-7-16-11(14(2,3)4)8-15-13(16)20-9-12(17)18/h8,10H,6-7,9H2,1-5H3,(H,17,18). The van der Waals surface area contributed by atoms with Gasteiger partial charge in [-0.15, -0.1) is 0 Å². The number of hydrogen-bond donors (Lipinski definition) is 1. The van der Waals surface area contributed by atoms with E-state index in [4.69, 9.17) is 5.11 Å². The molecule has 0 aliphatic heterocycles. The number of thioether (sulfide) groups is 1. The van der Waals surface area contributed by atoms with Crippen LogP contribution in [0.25, 0.3) is 0 Å². The summed E-state index contributed by atoms with van der Waals surface area (Å²) in [5.74, 6) is -0.856. The first kappa shape index (κ1) is 18.2. The highest BCUT2D eigenvalue weighted by molar-refractivity contribution is 7.99. The van der Waals surface area contributed by atoms with Gasteiger partial charge >= 0.3 is 5.97 Å². The zero-order chi connectivity index (χ0) is 16.2. The van der Waals surface area contributed by atoms with Crippen LogP contribution >= 0.6 is 11.8 Å². The van der Waals surface area contributed by atoms with E-state index in [1.165, 1.54) is 11.8 Å². The normalized spacial score (nSPS) is 14.9. The lowest BCUT2D eigenvalue weighted by Gasteiger charge is -2.22. The fraction of sp³-hybridized carbons (Fsp3) is 0.714. The molecule has 1 rings (SSSR count). The van der Waals surface area contributed by atoms with Crippen molar-refractivity contribution in [2.75, 3.05) is 12.0 Å². The van der Waals surface area contributed by atoms with Crippen LogP contribution in [-0.4, -0.2) is 42.1 Å². The predicted octanol–water partition coefficient (Wildman–Crippen LogP) is 2.51. The average Bonchev–Trinajstić information content (AvgIpc) is 2.75. The van der Waals surface area contributed by atoms with Gasteiger partial charge in [0.15, 0.2) is 5.16 Å². The Balaban J connectivity index is 2.96. The van der Waals surface area contributed by atoms with Crippen molar-refractivity contribution in [1.82, 2.24) is 9.55 Å². The largest absolute Gasteiger partial charge is 0.481 e. The van der Waals surface area contributed by atoms with E-state index in [0.29, 0.717) is 6.54 Å². The van der Waals surface area contributed by atoms with E-state index in [-0.39, 0.29) is 16.4 Å². The van der Waals surface area contributed by atoms with Crippen LogP contribution in [0.15, 0.2) is 11.4 Å². The Morgan fingerprint density at radius 2 is 2.14 bits per heavy atom. The number of carboxylic acid groups (broad SMARTS) is 1. The third-order valence-corrected chi connectivity index (χ3v) is 5.58. The SMILES string of the molecule is CC(CCn1c(C(C)(C)C)cnc1SCC(=O)O)S(C)=O. The number of rotatable bonds is 7. The Morgan fingerprint density at radius 1 is 1.52 bits per heavy atom. The molecule has 21 heavy (non-hydrogen) atoms. The molecular formula is C14H24N2O3S2. The molecule has 0 fully saturated rings. The lowest BCUT2D eigenvalue weighted by atomic mass is 9.92. The van der Waals surface area contributed by atoms with Crippen molar-refractivity contribution >= 4 is 28.5 Å². The van der Waals surface area contributed by atoms with Crippen molar-refractivity contribution in [2.24, 2.45) is 0 Å². The summed E-state index contributed by atoms with van der Waals surface area (Å²) >= 11 is 1.23. The van der Waals surface area contributed by atoms with E-state index in [1.807, 2.05) is 13.1 Å². The molecule has 0 aliphatic rings. The zero-order valence-corrected chi connectivity index (χ0v) is 14.9. The highest BCUT2D eigenvalue weighted by Gasteiger charge is 2.22. The molecule has 0 spiro atoms. The molecule has 1 aromatic rings. The van der Waals surface area contributed by atoms with Gasteiger partial charge in [-0.25, -0.2) is 4.98 Å². The fourth-order valence-electron chi connectivity index (χ4n) is 1.89. The van der Waals surface area contributed by atoms with Gasteiger partial charge in [-0.2, -0.15) is 0 Å². The lowest BCUT2D eigenvalue weighted by Crippen LogP contribution is -2.21. The van der Waals surface area contributed by atoms with Gasteiger partial charge < -0.3 is 9.67 Å². The van der Waals surface area contributed by atoms with Crippen LogP contribution in [0.1, 0.15) is 39.8 Å². The second kappa shape index (κ2) is 7.45. The quantitative estimate of drug-likeness (QED) is 0.777. The average molecular weight is 332 g/mol. The third-order valence-electron chi connectivity index (χ3n) is 3.24. The van der Waals surface area contributed by atoms with Crippen LogP contribution in [0.3, 0.4) is 0 Å². The summed E-state index contributed by atoms with van der Waals surface area (Å²) in [6.45, 7) is 8.98. The molecular weight excluding hydrogens is 308 g/mol. The maximum absolute atomic E-state index is 11.5. The van der Waals surface area contributed by atoms with Crippen molar-refractivity contribution in [3.8, 4) is 0 Å². The molecule has 0 aliphatic carbocycles. The number of carboxylic acids is 1. The smallest absolute Gasteiger partial charge is 0.313 e. The maximum atomic E-state index is 11.5. The van der Waals surface area contributed by atoms with Crippen molar-refractivity contribution in [1.29, 1.82) is 0 Å². The topological polar surface area (TPSA) is 72.2 Å². The van der Waals surface area contributed by atoms with Crippen molar-refractivity contribution < 1.29 is 14.1 Å². The minimum atomic E-state index is -0.852. The highest BCUT2D eigenvalue weighted by atomic mass is 32.2. The molecule has 1 N–H and O–H groups in total. The summed E-state index contributed by atoms with van der Waals surface area (Å²) in [6.07, 6.45) is 4.31. The minimum absolute atomic E-state index is 0.00411. The van der Waals surface area contributed by atoms with Gasteiger partial charge in [0, 0.05) is 46.2 Å². The summed E-state index contributed by atoms with van der Waals surface area (Å²) in [7, 11) is -0.852. The number of imidazole rings is 1. The van der Waals surface area contributed by atoms with Crippen LogP contribution in [0.2, 0.25) is 0 Å². The molecule has 0 radical (unpaired) electrons. The van der Waals surface area contributed by atoms with E-state index >= 15 is 0 Å². The van der Waals surface area contributed by atoms with Gasteiger partial charge in [0.1, 0.15) is 0 Å². The Bertz CT molecular complexity index is 521. The summed E-state index contributed by atoms with van der Waals surface area (Å²) < 4.78 is 13.6. The van der Waals surface area contributed by atoms with E-state index in [9.17, 15) is 9.00 Å². The van der Waals surface area contributed by atoms with Crippen LogP contribution in [0, 0.1) is 0 Å². The first-order chi connectivity index (χ1) is 9.62. The first-order valence-electron chi connectivity index (χ1n) is 6.85. The number of aliphatic carboxylic acids is 1. The van der Waals surface area contributed by atoms with E-state index < -0.39 is 16.8 Å². The molecule has 7 heteroatoms. The Hall–Kier alpha value is -0.820. The van der Waals surface area contributed by atoms with E-state index in [2.05, 4.69) is 30.3 Å². The van der Waals surface area contributed by atoms with Gasteiger partial charge in [0.2, 0.25) is 0 Å². The second-order valence-electron chi connectivity index (χ2n) is 6.11. The van der Waals surface area contributed by atoms with Crippen LogP contribution in [0.4, 0.5) is 0 Å². The molecule has 0 bridgehead atoms. The number of carbonyl (C=O) groups is 1. The van der Waals surface area contributed by atoms with Gasteiger partial charge in [-0.05, 0) is 6.42 Å². The molecule has 120 valence electrons. The molecule has 0 aromatic carbocycles. The van der Waals surface area contributed by atoms with Crippen LogP contribution in [-0.2, 0) is 27.6 Å². The van der Waals surface area contributed by atoms with Crippen molar-refractivity contribution in [2.45, 2.75) is 56.5 Å². The lowest BCUT2D eigenvalue weighted by molar-refractivity contribution is -0.133. The zero-order valence-electron chi connectivity index (χ0n) is 13.3. The molecule has 0 saturated heterocycles. The number of aromatic nitrogens is 2. The Labute approximate surface area is 133 Å². The van der Waals surface area contributed by atoms with Gasteiger partial charge in [-0.3, -0.25) is 9.00 Å². The summed E-state index contributed by atoms with van der Waals surface area (Å²) in [6, 6.07) is 0. The molecule has 2 atom stereocenters. The van der Waals surface area contributed by atoms with Gasteiger partial charge in [0.25, 0.3) is 0 Å². The summed E-state index contributed by atoms with van der Waals surface area (Å²) in [4.78, 5) is 15.1. The highest BCUT2D eigenvalue weighted by Crippen LogP contribution is 2.28. The van der Waals surface area contributed by atoms with E-state index in [1.54, 1.807) is 6.26 Å². The molecule has 1 aromatic heterocycles. The molecule has 1 heterocycles. The Morgan fingerprint density at radius 3 is 2.62 bits per heavy atom. The van der Waals surface area contributed by atoms with Crippen LogP contribution in [0.5, 0.6) is 0 Å². The predicted molar refractivity (Wildman–Crippen MR) is 87.4 cm³/mol. The minimum Gasteiger partial charge on any atom is -0.481 e. The van der Waals surface area contributed by atoms with Gasteiger partial charge in [0.05, 0.1) is 5.75 Å². The third kappa shape index (κ3) is 5.47. The molecule has 0 amide bonds. The Kier molecular flexibility index (Phi) is 6.46. The molecule has 0 saturated carbocycles. The first-order valence-corrected chi connectivity index (χ1v) is 9.46. The van der Waals surface area contributed by atoms with E-state index in [0.717, 1.165) is 17.3 Å². The number of nitrogens with zero attached hydrogens (tertiary/aromatic N) is 2. The fourth-order valence-corrected chi connectivity index (χ4v) is 3.05. The maximum Gasteiger partial charge on any atom is 0.313 e. The molecule has 5 nitrogen and oxygen atoms in total. The van der Waals surface area contributed by atoms with Gasteiger partial charge in [-0.1, -0.05) is 39.5 Å². The molecule has 2 unspecified atom stereocenters. The number of hydrogen-bond acceptors (Lipinski definition) is 4. The monoisotopic (exact) mass is 332 g/mol. The summed E-state index contributed by atoms with van der Waals surface area (Å²) in [5, 5.41) is 9.65. The van der Waals surface area contributed by atoms with Crippen molar-refractivity contribution in [3.05, 3.63) is 11.9 Å². The summed E-state index contributed by atoms with van der Waals surface area (Å²) in [5.41, 5.74) is 1.01. The van der Waals surface area contributed by atoms with Crippen LogP contribution < -0.4 is 0 Å².